The number of benzene rings is 1. The Labute approximate surface area is 209 Å². The largest absolute Gasteiger partial charge is 0.457 e. The highest BCUT2D eigenvalue weighted by atomic mass is 32.1. The molecule has 35 heavy (non-hydrogen) atoms. The molecule has 2 fully saturated rings. The van der Waals surface area contributed by atoms with Crippen LogP contribution < -0.4 is 4.90 Å². The molecule has 2 aromatic heterocycles. The Morgan fingerprint density at radius 3 is 2.74 bits per heavy atom. The Kier molecular flexibility index (Phi) is 5.69. The van der Waals surface area contributed by atoms with E-state index < -0.39 is 6.10 Å². The highest BCUT2D eigenvalue weighted by Gasteiger charge is 2.41. The molecular weight excluding hydrogens is 464 g/mol. The molecule has 0 amide bonds. The second kappa shape index (κ2) is 8.76. The molecule has 1 atom stereocenters. The number of likely N-dealkylation sites (tertiary alicyclic amines) is 1. The molecule has 1 N–H and O–H groups in total. The van der Waals surface area contributed by atoms with Gasteiger partial charge in [0.15, 0.2) is 11.5 Å². The highest BCUT2D eigenvalue weighted by molar-refractivity contribution is 7.79. The molecule has 0 bridgehead atoms. The number of aromatic nitrogens is 4. The number of aliphatic hydroxyl groups is 1. The summed E-state index contributed by atoms with van der Waals surface area (Å²) in [6.45, 7) is 6.82. The van der Waals surface area contributed by atoms with Crippen molar-refractivity contribution in [1.82, 2.24) is 24.7 Å². The van der Waals surface area contributed by atoms with Gasteiger partial charge in [-0.2, -0.15) is 17.1 Å². The zero-order chi connectivity index (χ0) is 24.2. The first kappa shape index (κ1) is 22.8. The first-order chi connectivity index (χ1) is 17.0. The van der Waals surface area contributed by atoms with Gasteiger partial charge < -0.3 is 19.6 Å². The van der Waals surface area contributed by atoms with Crippen LogP contribution in [0, 0.1) is 12.3 Å². The number of thiol groups is 1. The molecule has 10 heteroatoms. The summed E-state index contributed by atoms with van der Waals surface area (Å²) in [5.74, 6) is 1.95. The minimum absolute atomic E-state index is 0.268. The van der Waals surface area contributed by atoms with Gasteiger partial charge in [0.05, 0.1) is 17.4 Å². The van der Waals surface area contributed by atoms with E-state index in [0.717, 1.165) is 79.4 Å². The molecule has 184 valence electrons. The molecule has 6 rings (SSSR count). The van der Waals surface area contributed by atoms with E-state index in [1.165, 1.54) is 0 Å². The van der Waals surface area contributed by atoms with Gasteiger partial charge in [-0.25, -0.2) is 4.79 Å². The number of β-amino-alcohol motifs (C(OH)–C–C–N with tert-alkyl or cyclic N) is 1. The molecule has 1 aromatic carbocycles. The van der Waals surface area contributed by atoms with Crippen molar-refractivity contribution in [3.05, 3.63) is 52.3 Å². The molecule has 5 heterocycles. The first-order valence-corrected chi connectivity index (χ1v) is 12.9. The number of hydrogen-bond acceptors (Lipinski definition) is 9. The number of anilines is 1. The van der Waals surface area contributed by atoms with Gasteiger partial charge in [0.1, 0.15) is 12.4 Å². The van der Waals surface area contributed by atoms with Crippen LogP contribution in [0.25, 0.3) is 5.65 Å². The molecule has 0 aliphatic carbocycles. The Hall–Kier alpha value is -2.69. The van der Waals surface area contributed by atoms with Crippen LogP contribution in [0.4, 0.5) is 5.82 Å². The number of carbonyl (C=O) groups excluding carboxylic acids is 1. The number of piperidine rings is 1. The van der Waals surface area contributed by atoms with Gasteiger partial charge in [0, 0.05) is 25.2 Å². The lowest BCUT2D eigenvalue weighted by Crippen LogP contribution is -2.43. The van der Waals surface area contributed by atoms with E-state index >= 15 is 0 Å². The zero-order valence-electron chi connectivity index (χ0n) is 19.9. The molecule has 0 unspecified atom stereocenters. The van der Waals surface area contributed by atoms with Crippen molar-refractivity contribution in [2.24, 2.45) is 5.41 Å². The van der Waals surface area contributed by atoms with E-state index in [1.54, 1.807) is 10.6 Å². The van der Waals surface area contributed by atoms with Gasteiger partial charge in [-0.1, -0.05) is 6.07 Å². The summed E-state index contributed by atoms with van der Waals surface area (Å²) in [6.07, 6.45) is 2.80. The quantitative estimate of drug-likeness (QED) is 0.413. The van der Waals surface area contributed by atoms with Crippen molar-refractivity contribution in [2.45, 2.75) is 44.6 Å². The van der Waals surface area contributed by atoms with Crippen LogP contribution in [0.5, 0.6) is 0 Å². The summed E-state index contributed by atoms with van der Waals surface area (Å²) in [5, 5.41) is 24.1. The van der Waals surface area contributed by atoms with Gasteiger partial charge in [-0.15, -0.1) is 15.3 Å². The molecule has 3 aromatic rings. The van der Waals surface area contributed by atoms with Crippen LogP contribution in [-0.2, 0) is 17.1 Å². The fourth-order valence-electron chi connectivity index (χ4n) is 5.91. The van der Waals surface area contributed by atoms with Crippen LogP contribution in [0.2, 0.25) is 0 Å². The zero-order valence-corrected chi connectivity index (χ0v) is 20.7. The average molecular weight is 495 g/mol. The third kappa shape index (κ3) is 3.97. The van der Waals surface area contributed by atoms with Crippen LogP contribution in [-0.4, -0.2) is 68.5 Å². The molecular formula is C25H30N6O3S. The Bertz CT molecular complexity index is 1290. The Morgan fingerprint density at radius 1 is 1.14 bits per heavy atom. The van der Waals surface area contributed by atoms with Gasteiger partial charge >= 0.3 is 5.97 Å². The maximum Gasteiger partial charge on any atom is 0.338 e. The third-order valence-electron chi connectivity index (χ3n) is 8.13. The van der Waals surface area contributed by atoms with Crippen molar-refractivity contribution in [3.63, 3.8) is 0 Å². The van der Waals surface area contributed by atoms with E-state index in [-0.39, 0.29) is 5.97 Å². The van der Waals surface area contributed by atoms with E-state index in [1.807, 2.05) is 25.1 Å². The summed E-state index contributed by atoms with van der Waals surface area (Å²) in [7, 11) is 0. The molecule has 9 nitrogen and oxygen atoms in total. The van der Waals surface area contributed by atoms with Crippen LogP contribution in [0.15, 0.2) is 24.3 Å². The smallest absolute Gasteiger partial charge is 0.338 e. The normalized spacial score (nSPS) is 20.5. The summed E-state index contributed by atoms with van der Waals surface area (Å²) >= 11 is 4.34. The van der Waals surface area contributed by atoms with Gasteiger partial charge in [0.25, 0.3) is 0 Å². The third-order valence-corrected chi connectivity index (χ3v) is 8.41. The van der Waals surface area contributed by atoms with Gasteiger partial charge in [0.2, 0.25) is 0 Å². The predicted molar refractivity (Wildman–Crippen MR) is 134 cm³/mol. The lowest BCUT2D eigenvalue weighted by molar-refractivity contribution is 0.0534. The van der Waals surface area contributed by atoms with E-state index in [2.05, 4.69) is 32.6 Å². The van der Waals surface area contributed by atoms with E-state index in [4.69, 9.17) is 9.84 Å². The summed E-state index contributed by atoms with van der Waals surface area (Å²) in [4.78, 5) is 16.6. The number of aliphatic hydroxyl groups excluding tert-OH is 1. The monoisotopic (exact) mass is 494 g/mol. The Balaban J connectivity index is 1.09. The van der Waals surface area contributed by atoms with Crippen molar-refractivity contribution in [1.29, 1.82) is 0 Å². The Morgan fingerprint density at radius 2 is 1.94 bits per heavy atom. The average Bonchev–Trinajstić information content (AvgIpc) is 3.58. The number of rotatable bonds is 5. The van der Waals surface area contributed by atoms with Crippen LogP contribution in [0.3, 0.4) is 0 Å². The summed E-state index contributed by atoms with van der Waals surface area (Å²) in [6, 6.07) is 7.68. The number of hydrogen-bond donors (Lipinski definition) is 2. The van der Waals surface area contributed by atoms with Crippen molar-refractivity contribution < 1.29 is 14.6 Å². The minimum atomic E-state index is -0.578. The molecule has 3 aliphatic rings. The first-order valence-electron chi connectivity index (χ1n) is 12.2. The van der Waals surface area contributed by atoms with Crippen LogP contribution >= 0.6 is 12.6 Å². The molecule has 0 radical (unpaired) electrons. The lowest BCUT2D eigenvalue weighted by atomic mass is 9.77. The number of nitrogens with zero attached hydrogens (tertiary/aromatic N) is 6. The molecule has 2 saturated heterocycles. The van der Waals surface area contributed by atoms with E-state index in [0.29, 0.717) is 29.9 Å². The van der Waals surface area contributed by atoms with Gasteiger partial charge in [-0.05, 0) is 74.0 Å². The second-order valence-electron chi connectivity index (χ2n) is 10.1. The summed E-state index contributed by atoms with van der Waals surface area (Å²) in [5.41, 5.74) is 4.44. The maximum atomic E-state index is 11.8. The highest BCUT2D eigenvalue weighted by Crippen LogP contribution is 2.42. The molecule has 3 aliphatic heterocycles. The minimum Gasteiger partial charge on any atom is -0.457 e. The number of esters is 1. The topological polar surface area (TPSA) is 96.1 Å². The lowest BCUT2D eigenvalue weighted by Gasteiger charge is -2.40. The fraction of sp³-hybridized carbons (Fsp3) is 0.520. The van der Waals surface area contributed by atoms with Crippen molar-refractivity contribution in [3.8, 4) is 0 Å². The van der Waals surface area contributed by atoms with Crippen LogP contribution in [0.1, 0.15) is 58.2 Å². The molecule has 0 saturated carbocycles. The standard InChI is InChI=1S/C25H30N6O3S/c1-16-17(2-3-18-19(16)13-34-24(18)33)20(32)12-29-9-6-25(7-10-29)8-11-30(15-25)22-5-4-21-26-27-23(14-35)31(21)28-22/h2-5,20,32,35H,6-15H2,1H3/t20-/m0/s1. The van der Waals surface area contributed by atoms with Crippen molar-refractivity contribution in [2.75, 3.05) is 37.6 Å². The number of fused-ring (bicyclic) bond motifs is 2. The number of ether oxygens (including phenoxy) is 1. The number of carbonyl (C=O) groups is 1. The SMILES string of the molecule is Cc1c([C@@H](O)CN2CCC3(CC2)CCN(c2ccc4nnc(CS)n4n2)C3)ccc2c1COC2=O. The molecule has 1 spiro atoms. The van der Waals surface area contributed by atoms with E-state index in [9.17, 15) is 9.90 Å². The summed E-state index contributed by atoms with van der Waals surface area (Å²) < 4.78 is 6.95. The fourth-order valence-corrected chi connectivity index (χ4v) is 6.11. The van der Waals surface area contributed by atoms with Gasteiger partial charge in [-0.3, -0.25) is 0 Å². The van der Waals surface area contributed by atoms with Crippen molar-refractivity contribution >= 4 is 30.1 Å². The number of cyclic esters (lactones) is 1. The predicted octanol–water partition coefficient (Wildman–Crippen LogP) is 2.56. The maximum absolute atomic E-state index is 11.8. The second-order valence-corrected chi connectivity index (χ2v) is 10.4.